The van der Waals surface area contributed by atoms with E-state index in [1.807, 2.05) is 6.08 Å². The van der Waals surface area contributed by atoms with Crippen molar-refractivity contribution in [2.75, 3.05) is 31.1 Å². The Morgan fingerprint density at radius 2 is 2.10 bits per heavy atom. The van der Waals surface area contributed by atoms with Crippen LogP contribution in [0.15, 0.2) is 36.9 Å². The van der Waals surface area contributed by atoms with Crippen LogP contribution >= 0.6 is 12.2 Å². The molecule has 0 spiro atoms. The third-order valence-corrected chi connectivity index (χ3v) is 4.08. The minimum Gasteiger partial charge on any atom is -0.365 e. The standard InChI is InChI=1S/C16H23N3S/c1-4-9-17-16(20)18-10-11-19(14(3)12-18)15-7-5-13(2)6-8-15/h4-8,14H,1,9-12H2,2-3H3,(H,17,20)/t14-/m0/s1. The first-order chi connectivity index (χ1) is 9.61. The van der Waals surface area contributed by atoms with Gasteiger partial charge in [0, 0.05) is 37.9 Å². The first-order valence-corrected chi connectivity index (χ1v) is 7.49. The Hall–Kier alpha value is -1.55. The number of nitrogens with one attached hydrogen (secondary N) is 1. The first kappa shape index (κ1) is 14.9. The van der Waals surface area contributed by atoms with Crippen molar-refractivity contribution in [3.05, 3.63) is 42.5 Å². The summed E-state index contributed by atoms with van der Waals surface area (Å²) in [7, 11) is 0. The molecule has 3 nitrogen and oxygen atoms in total. The Bertz CT molecular complexity index is 469. The topological polar surface area (TPSA) is 18.5 Å². The van der Waals surface area contributed by atoms with Crippen LogP contribution in [-0.2, 0) is 0 Å². The summed E-state index contributed by atoms with van der Waals surface area (Å²) >= 11 is 5.41. The number of aryl methyl sites for hydroxylation is 1. The number of rotatable bonds is 3. The molecular weight excluding hydrogens is 266 g/mol. The Morgan fingerprint density at radius 3 is 2.70 bits per heavy atom. The maximum absolute atomic E-state index is 5.41. The van der Waals surface area contributed by atoms with Crippen molar-refractivity contribution < 1.29 is 0 Å². The van der Waals surface area contributed by atoms with Crippen molar-refractivity contribution in [2.45, 2.75) is 19.9 Å². The molecule has 0 radical (unpaired) electrons. The summed E-state index contributed by atoms with van der Waals surface area (Å²) in [6.45, 7) is 11.7. The summed E-state index contributed by atoms with van der Waals surface area (Å²) in [4.78, 5) is 4.69. The van der Waals surface area contributed by atoms with E-state index in [1.54, 1.807) is 0 Å². The lowest BCUT2D eigenvalue weighted by Gasteiger charge is -2.42. The molecular formula is C16H23N3S. The highest BCUT2D eigenvalue weighted by Gasteiger charge is 2.24. The Morgan fingerprint density at radius 1 is 1.40 bits per heavy atom. The van der Waals surface area contributed by atoms with E-state index in [0.29, 0.717) is 6.04 Å². The van der Waals surface area contributed by atoms with Gasteiger partial charge in [0.05, 0.1) is 0 Å². The van der Waals surface area contributed by atoms with E-state index in [-0.39, 0.29) is 0 Å². The van der Waals surface area contributed by atoms with Gasteiger partial charge in [-0.3, -0.25) is 0 Å². The highest BCUT2D eigenvalue weighted by molar-refractivity contribution is 7.80. The molecule has 1 saturated heterocycles. The van der Waals surface area contributed by atoms with Gasteiger partial charge in [0.1, 0.15) is 0 Å². The Balaban J connectivity index is 1.97. The average Bonchev–Trinajstić information content (AvgIpc) is 2.46. The van der Waals surface area contributed by atoms with Crippen LogP contribution in [0.4, 0.5) is 5.69 Å². The van der Waals surface area contributed by atoms with E-state index in [0.717, 1.165) is 31.3 Å². The van der Waals surface area contributed by atoms with Crippen LogP contribution in [0, 0.1) is 6.92 Å². The van der Waals surface area contributed by atoms with Crippen LogP contribution < -0.4 is 10.2 Å². The molecule has 1 aromatic carbocycles. The zero-order chi connectivity index (χ0) is 14.5. The number of thiocarbonyl (C=S) groups is 1. The number of benzene rings is 1. The molecule has 0 unspecified atom stereocenters. The monoisotopic (exact) mass is 289 g/mol. The zero-order valence-corrected chi connectivity index (χ0v) is 13.1. The molecule has 108 valence electrons. The summed E-state index contributed by atoms with van der Waals surface area (Å²) in [6, 6.07) is 9.20. The van der Waals surface area contributed by atoms with Crippen molar-refractivity contribution in [3.63, 3.8) is 0 Å². The first-order valence-electron chi connectivity index (χ1n) is 7.09. The second-order valence-corrected chi connectivity index (χ2v) is 5.69. The number of hydrogen-bond donors (Lipinski definition) is 1. The average molecular weight is 289 g/mol. The van der Waals surface area contributed by atoms with Gasteiger partial charge in [-0.1, -0.05) is 23.8 Å². The van der Waals surface area contributed by atoms with Crippen molar-refractivity contribution in [1.82, 2.24) is 10.2 Å². The van der Waals surface area contributed by atoms with E-state index >= 15 is 0 Å². The molecule has 4 heteroatoms. The fraction of sp³-hybridized carbons (Fsp3) is 0.438. The maximum atomic E-state index is 5.41. The van der Waals surface area contributed by atoms with Gasteiger partial charge >= 0.3 is 0 Å². The summed E-state index contributed by atoms with van der Waals surface area (Å²) in [5.74, 6) is 0. The molecule has 1 aliphatic heterocycles. The van der Waals surface area contributed by atoms with E-state index in [1.165, 1.54) is 11.3 Å². The smallest absolute Gasteiger partial charge is 0.169 e. The Kier molecular flexibility index (Phi) is 5.01. The number of hydrogen-bond acceptors (Lipinski definition) is 2. The highest BCUT2D eigenvalue weighted by atomic mass is 32.1. The molecule has 1 N–H and O–H groups in total. The predicted molar refractivity (Wildman–Crippen MR) is 90.4 cm³/mol. The predicted octanol–water partition coefficient (Wildman–Crippen LogP) is 2.57. The van der Waals surface area contributed by atoms with Gasteiger partial charge in [-0.15, -0.1) is 6.58 Å². The van der Waals surface area contributed by atoms with Crippen molar-refractivity contribution in [2.24, 2.45) is 0 Å². The lowest BCUT2D eigenvalue weighted by Crippen LogP contribution is -2.55. The summed E-state index contributed by atoms with van der Waals surface area (Å²) < 4.78 is 0. The largest absolute Gasteiger partial charge is 0.365 e. The van der Waals surface area contributed by atoms with Crippen LogP contribution in [0.3, 0.4) is 0 Å². The van der Waals surface area contributed by atoms with Crippen molar-refractivity contribution >= 4 is 23.0 Å². The van der Waals surface area contributed by atoms with Crippen molar-refractivity contribution in [3.8, 4) is 0 Å². The van der Waals surface area contributed by atoms with Crippen LogP contribution in [-0.4, -0.2) is 42.2 Å². The molecule has 0 aromatic heterocycles. The highest BCUT2D eigenvalue weighted by Crippen LogP contribution is 2.21. The Labute approximate surface area is 127 Å². The molecule has 0 amide bonds. The quantitative estimate of drug-likeness (QED) is 0.680. The second-order valence-electron chi connectivity index (χ2n) is 5.30. The fourth-order valence-corrected chi connectivity index (χ4v) is 2.78. The van der Waals surface area contributed by atoms with E-state index < -0.39 is 0 Å². The van der Waals surface area contributed by atoms with Gasteiger partial charge in [0.2, 0.25) is 0 Å². The molecule has 1 heterocycles. The summed E-state index contributed by atoms with van der Waals surface area (Å²) in [5.41, 5.74) is 2.60. The molecule has 0 saturated carbocycles. The lowest BCUT2D eigenvalue weighted by atomic mass is 10.1. The minimum absolute atomic E-state index is 0.454. The molecule has 1 fully saturated rings. The zero-order valence-electron chi connectivity index (χ0n) is 12.3. The molecule has 0 aliphatic carbocycles. The van der Waals surface area contributed by atoms with E-state index in [2.05, 4.69) is 59.8 Å². The normalized spacial score (nSPS) is 18.8. The summed E-state index contributed by atoms with van der Waals surface area (Å²) in [5, 5.41) is 4.04. The number of nitrogens with zero attached hydrogens (tertiary/aromatic N) is 2. The fourth-order valence-electron chi connectivity index (χ4n) is 2.53. The van der Waals surface area contributed by atoms with Crippen LogP contribution in [0.25, 0.3) is 0 Å². The second kappa shape index (κ2) is 6.75. The van der Waals surface area contributed by atoms with Crippen LogP contribution in [0.5, 0.6) is 0 Å². The number of piperazine rings is 1. The van der Waals surface area contributed by atoms with Gasteiger partial charge in [0.15, 0.2) is 5.11 Å². The molecule has 1 aliphatic rings. The molecule has 20 heavy (non-hydrogen) atoms. The maximum Gasteiger partial charge on any atom is 0.169 e. The van der Waals surface area contributed by atoms with Crippen LogP contribution in [0.2, 0.25) is 0 Å². The lowest BCUT2D eigenvalue weighted by molar-refractivity contribution is 0.335. The molecule has 1 aromatic rings. The third kappa shape index (κ3) is 3.51. The van der Waals surface area contributed by atoms with Crippen LogP contribution in [0.1, 0.15) is 12.5 Å². The third-order valence-electron chi connectivity index (χ3n) is 3.68. The van der Waals surface area contributed by atoms with Gasteiger partial charge in [-0.05, 0) is 38.2 Å². The molecule has 1 atom stereocenters. The molecule has 2 rings (SSSR count). The van der Waals surface area contributed by atoms with Gasteiger partial charge < -0.3 is 15.1 Å². The van der Waals surface area contributed by atoms with Crippen molar-refractivity contribution in [1.29, 1.82) is 0 Å². The van der Waals surface area contributed by atoms with Gasteiger partial charge in [-0.25, -0.2) is 0 Å². The SMILES string of the molecule is C=CCNC(=S)N1CCN(c2ccc(C)cc2)[C@@H](C)C1. The molecule has 0 bridgehead atoms. The van der Waals surface area contributed by atoms with E-state index in [9.17, 15) is 0 Å². The minimum atomic E-state index is 0.454. The summed E-state index contributed by atoms with van der Waals surface area (Å²) in [6.07, 6.45) is 1.83. The van der Waals surface area contributed by atoms with Gasteiger partial charge in [0.25, 0.3) is 0 Å². The number of anilines is 1. The van der Waals surface area contributed by atoms with Gasteiger partial charge in [-0.2, -0.15) is 0 Å². The van der Waals surface area contributed by atoms with E-state index in [4.69, 9.17) is 12.2 Å².